The number of fused-ring (bicyclic) bond motifs is 1. The molecular weight excluding hydrogens is 306 g/mol. The number of para-hydroxylation sites is 1. The van der Waals surface area contributed by atoms with Gasteiger partial charge in [-0.05, 0) is 30.3 Å². The normalized spacial score (nSPS) is 10.8. The van der Waals surface area contributed by atoms with E-state index in [2.05, 4.69) is 20.9 Å². The number of nitrogens with one attached hydrogen (secondary N) is 1. The number of hydrogen-bond acceptors (Lipinski definition) is 2. The monoisotopic (exact) mass is 317 g/mol. The van der Waals surface area contributed by atoms with Gasteiger partial charge in [0.15, 0.2) is 0 Å². The van der Waals surface area contributed by atoms with Gasteiger partial charge in [-0.15, -0.1) is 0 Å². The van der Waals surface area contributed by atoms with Crippen LogP contribution >= 0.6 is 15.9 Å². The van der Waals surface area contributed by atoms with Crippen molar-refractivity contribution in [2.45, 2.75) is 6.61 Å². The number of rotatable bonds is 3. The molecule has 0 atom stereocenters. The molecule has 0 aliphatic carbocycles. The smallest absolute Gasteiger partial charge is 0.139 e. The third-order valence-electron chi connectivity index (χ3n) is 2.99. The molecule has 0 saturated heterocycles. The molecule has 4 heteroatoms. The molecule has 3 nitrogen and oxygen atoms in total. The topological polar surface area (TPSA) is 45.2 Å². The van der Waals surface area contributed by atoms with Gasteiger partial charge in [0.1, 0.15) is 18.1 Å². The van der Waals surface area contributed by atoms with Crippen LogP contribution in [0.15, 0.2) is 53.1 Å². The van der Waals surface area contributed by atoms with Crippen LogP contribution in [0.2, 0.25) is 0 Å². The molecule has 1 aromatic heterocycles. The fourth-order valence-corrected chi connectivity index (χ4v) is 2.27. The van der Waals surface area contributed by atoms with Gasteiger partial charge in [-0.25, -0.2) is 0 Å². The number of phenolic OH excluding ortho intramolecular Hbond substituents is 1. The third kappa shape index (κ3) is 2.44. The highest BCUT2D eigenvalue weighted by atomic mass is 79.9. The maximum absolute atomic E-state index is 9.72. The number of aromatic hydroxyl groups is 1. The van der Waals surface area contributed by atoms with Crippen molar-refractivity contribution in [2.75, 3.05) is 0 Å². The first kappa shape index (κ1) is 12.1. The zero-order chi connectivity index (χ0) is 13.2. The van der Waals surface area contributed by atoms with Gasteiger partial charge in [-0.3, -0.25) is 0 Å². The van der Waals surface area contributed by atoms with Crippen LogP contribution in [0.3, 0.4) is 0 Å². The minimum atomic E-state index is 0.257. The number of hydrogen-bond donors (Lipinski definition) is 2. The lowest BCUT2D eigenvalue weighted by atomic mass is 10.2. The number of ether oxygens (including phenoxy) is 1. The van der Waals surface area contributed by atoms with Crippen LogP contribution in [-0.2, 0) is 6.61 Å². The van der Waals surface area contributed by atoms with Gasteiger partial charge in [0, 0.05) is 21.6 Å². The largest absolute Gasteiger partial charge is 0.506 e. The molecule has 0 radical (unpaired) electrons. The molecule has 0 unspecified atom stereocenters. The summed E-state index contributed by atoms with van der Waals surface area (Å²) in [6, 6.07) is 13.2. The molecule has 3 rings (SSSR count). The second-order valence-corrected chi connectivity index (χ2v) is 5.17. The van der Waals surface area contributed by atoms with Gasteiger partial charge in [0.05, 0.1) is 5.52 Å². The summed E-state index contributed by atoms with van der Waals surface area (Å²) in [5, 5.41) is 10.7. The Labute approximate surface area is 119 Å². The van der Waals surface area contributed by atoms with E-state index in [4.69, 9.17) is 4.74 Å². The average Bonchev–Trinajstić information content (AvgIpc) is 2.83. The van der Waals surface area contributed by atoms with Gasteiger partial charge < -0.3 is 14.8 Å². The van der Waals surface area contributed by atoms with E-state index in [-0.39, 0.29) is 5.75 Å². The number of aromatic nitrogens is 1. The van der Waals surface area contributed by atoms with Gasteiger partial charge in [0.25, 0.3) is 0 Å². The Morgan fingerprint density at radius 2 is 1.89 bits per heavy atom. The molecular formula is C15H12BrNO2. The van der Waals surface area contributed by atoms with E-state index in [0.29, 0.717) is 6.61 Å². The number of H-pyrrole nitrogens is 1. The highest BCUT2D eigenvalue weighted by molar-refractivity contribution is 9.10. The van der Waals surface area contributed by atoms with Gasteiger partial charge in [-0.2, -0.15) is 0 Å². The first-order chi connectivity index (χ1) is 9.24. The second-order valence-electron chi connectivity index (χ2n) is 4.26. The lowest BCUT2D eigenvalue weighted by Gasteiger charge is -2.05. The Kier molecular flexibility index (Phi) is 3.17. The highest BCUT2D eigenvalue weighted by Crippen LogP contribution is 2.27. The van der Waals surface area contributed by atoms with E-state index in [9.17, 15) is 5.11 Å². The van der Waals surface area contributed by atoms with Crippen LogP contribution in [0.1, 0.15) is 5.56 Å². The highest BCUT2D eigenvalue weighted by Gasteiger charge is 2.07. The standard InChI is InChI=1S/C15H12BrNO2/c16-11-4-6-12(7-5-11)19-9-10-8-17-15-13(10)2-1-3-14(15)18/h1-8,17-18H,9H2. The number of aromatic amines is 1. The van der Waals surface area contributed by atoms with E-state index in [0.717, 1.165) is 26.7 Å². The molecule has 0 aliphatic rings. The van der Waals surface area contributed by atoms with Gasteiger partial charge >= 0.3 is 0 Å². The van der Waals surface area contributed by atoms with Crippen LogP contribution in [0.4, 0.5) is 0 Å². The lowest BCUT2D eigenvalue weighted by molar-refractivity contribution is 0.307. The molecule has 0 saturated carbocycles. The Bertz CT molecular complexity index is 704. The van der Waals surface area contributed by atoms with Crippen molar-refractivity contribution in [2.24, 2.45) is 0 Å². The van der Waals surface area contributed by atoms with Crippen LogP contribution in [0.5, 0.6) is 11.5 Å². The predicted molar refractivity (Wildman–Crippen MR) is 78.4 cm³/mol. The number of phenols is 1. The Hall–Kier alpha value is -1.94. The van der Waals surface area contributed by atoms with Crippen molar-refractivity contribution >= 4 is 26.8 Å². The van der Waals surface area contributed by atoms with E-state index >= 15 is 0 Å². The van der Waals surface area contributed by atoms with Crippen LogP contribution in [-0.4, -0.2) is 10.1 Å². The zero-order valence-electron chi connectivity index (χ0n) is 10.1. The maximum atomic E-state index is 9.72. The summed E-state index contributed by atoms with van der Waals surface area (Å²) in [6.45, 7) is 0.463. The third-order valence-corrected chi connectivity index (χ3v) is 3.52. The number of benzene rings is 2. The van der Waals surface area contributed by atoms with Crippen molar-refractivity contribution in [1.82, 2.24) is 4.98 Å². The van der Waals surface area contributed by atoms with Crippen molar-refractivity contribution in [1.29, 1.82) is 0 Å². The summed E-state index contributed by atoms with van der Waals surface area (Å²) in [4.78, 5) is 3.06. The first-order valence-electron chi connectivity index (χ1n) is 5.90. The molecule has 0 spiro atoms. The molecule has 0 amide bonds. The minimum Gasteiger partial charge on any atom is -0.506 e. The van der Waals surface area contributed by atoms with E-state index in [1.165, 1.54) is 0 Å². The molecule has 19 heavy (non-hydrogen) atoms. The summed E-state index contributed by atoms with van der Waals surface area (Å²) in [5.74, 6) is 1.07. The van der Waals surface area contributed by atoms with Gasteiger partial charge in [-0.1, -0.05) is 28.1 Å². The molecule has 96 valence electrons. The van der Waals surface area contributed by atoms with Crippen LogP contribution in [0, 0.1) is 0 Å². The molecule has 2 N–H and O–H groups in total. The quantitative estimate of drug-likeness (QED) is 0.759. The Morgan fingerprint density at radius 3 is 2.68 bits per heavy atom. The summed E-state index contributed by atoms with van der Waals surface area (Å²) in [7, 11) is 0. The Balaban J connectivity index is 1.82. The molecule has 0 bridgehead atoms. The van der Waals surface area contributed by atoms with Crippen LogP contribution < -0.4 is 4.74 Å². The number of halogens is 1. The van der Waals surface area contributed by atoms with Crippen molar-refractivity contribution in [3.05, 3.63) is 58.7 Å². The average molecular weight is 318 g/mol. The zero-order valence-corrected chi connectivity index (χ0v) is 11.6. The summed E-state index contributed by atoms with van der Waals surface area (Å²) < 4.78 is 6.76. The minimum absolute atomic E-state index is 0.257. The molecule has 3 aromatic rings. The summed E-state index contributed by atoms with van der Waals surface area (Å²) in [5.41, 5.74) is 1.77. The van der Waals surface area contributed by atoms with Gasteiger partial charge in [0.2, 0.25) is 0 Å². The Morgan fingerprint density at radius 1 is 1.11 bits per heavy atom. The van der Waals surface area contributed by atoms with E-state index in [1.807, 2.05) is 42.6 Å². The SMILES string of the molecule is Oc1cccc2c(COc3ccc(Br)cc3)c[nH]c12. The maximum Gasteiger partial charge on any atom is 0.139 e. The fraction of sp³-hybridized carbons (Fsp3) is 0.0667. The van der Waals surface area contributed by atoms with Crippen molar-refractivity contribution < 1.29 is 9.84 Å². The van der Waals surface area contributed by atoms with E-state index in [1.54, 1.807) is 6.07 Å². The first-order valence-corrected chi connectivity index (χ1v) is 6.69. The predicted octanol–water partition coefficient (Wildman–Crippen LogP) is 4.22. The summed E-state index contributed by atoms with van der Waals surface area (Å²) >= 11 is 3.39. The molecule has 2 aromatic carbocycles. The van der Waals surface area contributed by atoms with E-state index < -0.39 is 0 Å². The van der Waals surface area contributed by atoms with Crippen LogP contribution in [0.25, 0.3) is 10.9 Å². The summed E-state index contributed by atoms with van der Waals surface area (Å²) in [6.07, 6.45) is 1.86. The molecule has 1 heterocycles. The second kappa shape index (κ2) is 4.97. The molecule has 0 aliphatic heterocycles. The lowest BCUT2D eigenvalue weighted by Crippen LogP contribution is -1.93. The molecule has 0 fully saturated rings. The van der Waals surface area contributed by atoms with Crippen molar-refractivity contribution in [3.63, 3.8) is 0 Å². The fourth-order valence-electron chi connectivity index (χ4n) is 2.01. The van der Waals surface area contributed by atoms with Crippen molar-refractivity contribution in [3.8, 4) is 11.5 Å².